The molecule has 6 aliphatic heterocycles. The van der Waals surface area contributed by atoms with E-state index in [4.69, 9.17) is 49.7 Å². The highest BCUT2D eigenvalue weighted by Crippen LogP contribution is 2.60. The molecule has 0 radical (unpaired) electrons. The van der Waals surface area contributed by atoms with Gasteiger partial charge in [-0.1, -0.05) is 36.4 Å². The molecule has 6 heterocycles. The number of aliphatic hydroxyl groups excluding tert-OH is 2. The Kier molecular flexibility index (Phi) is 10.2. The van der Waals surface area contributed by atoms with Crippen LogP contribution in [0.15, 0.2) is 77.1 Å². The predicted molar refractivity (Wildman–Crippen MR) is 211 cm³/mol. The summed E-state index contributed by atoms with van der Waals surface area (Å²) in [7, 11) is 3.14. The molecule has 0 saturated carbocycles. The molecule has 0 spiro atoms. The number of nitrogens with zero attached hydrogens (tertiary/aromatic N) is 2. The van der Waals surface area contributed by atoms with E-state index in [2.05, 4.69) is 9.89 Å². The van der Waals surface area contributed by atoms with Crippen LogP contribution in [0.2, 0.25) is 0 Å². The molecule has 0 aliphatic carbocycles. The van der Waals surface area contributed by atoms with E-state index in [1.165, 1.54) is 0 Å². The molecule has 0 unspecified atom stereocenters. The quantitative estimate of drug-likeness (QED) is 0.0916. The molecule has 0 amide bonds. The number of carboxylic acids is 1. The number of esters is 1. The lowest BCUT2D eigenvalue weighted by Crippen LogP contribution is -2.71. The fourth-order valence-corrected chi connectivity index (χ4v) is 9.37. The Labute approximate surface area is 344 Å². The second-order valence-electron chi connectivity index (χ2n) is 15.8. The second kappa shape index (κ2) is 15.4. The Morgan fingerprint density at radius 1 is 1.05 bits per heavy atom. The average Bonchev–Trinajstić information content (AvgIpc) is 3.91. The minimum Gasteiger partial charge on any atom is -0.493 e. The molecule has 6 aliphatic rings. The highest BCUT2D eigenvalue weighted by Gasteiger charge is 2.60. The van der Waals surface area contributed by atoms with Crippen LogP contribution in [0.25, 0.3) is 0 Å². The van der Waals surface area contributed by atoms with Crippen LogP contribution in [0, 0.1) is 0 Å². The zero-order valence-corrected chi connectivity index (χ0v) is 32.8. The van der Waals surface area contributed by atoms with Crippen LogP contribution in [-0.4, -0.2) is 113 Å². The van der Waals surface area contributed by atoms with E-state index in [1.807, 2.05) is 54.7 Å². The molecule has 3 aromatic carbocycles. The topological polar surface area (TPSA) is 247 Å². The van der Waals surface area contributed by atoms with Gasteiger partial charge in [0.1, 0.15) is 48.4 Å². The highest BCUT2D eigenvalue weighted by atomic mass is 16.7. The summed E-state index contributed by atoms with van der Waals surface area (Å²) in [5.41, 5.74) is 15.8. The number of carbonyl (C=O) groups is 2. The average molecular weight is 827 g/mol. The Balaban J connectivity index is 1.16. The number of ether oxygens (including phenoxy) is 7. The number of carboxylic acid groups (broad SMARTS) is 1. The van der Waals surface area contributed by atoms with Crippen LogP contribution in [0.4, 0.5) is 0 Å². The van der Waals surface area contributed by atoms with Gasteiger partial charge in [0.15, 0.2) is 23.2 Å². The third kappa shape index (κ3) is 6.71. The molecular weight excluding hydrogens is 780 g/mol. The van der Waals surface area contributed by atoms with Crippen LogP contribution in [0.1, 0.15) is 52.7 Å². The summed E-state index contributed by atoms with van der Waals surface area (Å²) >= 11 is 0. The van der Waals surface area contributed by atoms with Crippen LogP contribution < -0.4 is 35.2 Å². The number of hydrogen-bond donors (Lipinski definition) is 6. The molecule has 0 bridgehead atoms. The van der Waals surface area contributed by atoms with Gasteiger partial charge in [-0.3, -0.25) is 14.6 Å². The molecule has 60 heavy (non-hydrogen) atoms. The molecule has 1 fully saturated rings. The zero-order valence-electron chi connectivity index (χ0n) is 32.8. The summed E-state index contributed by atoms with van der Waals surface area (Å²) in [5, 5.41) is 44.4. The van der Waals surface area contributed by atoms with E-state index in [9.17, 15) is 24.9 Å². The van der Waals surface area contributed by atoms with Gasteiger partial charge < -0.3 is 70.0 Å². The molecule has 17 nitrogen and oxygen atoms in total. The number of carbonyl (C=O) groups excluding carboxylic acids is 1. The summed E-state index contributed by atoms with van der Waals surface area (Å²) in [6.07, 6.45) is -5.96. The first-order valence-corrected chi connectivity index (χ1v) is 19.7. The smallest absolute Gasteiger partial charge is 0.317 e. The third-order valence-electron chi connectivity index (χ3n) is 12.2. The fraction of sp³-hybridized carbons (Fsp3) is 0.419. The maximum Gasteiger partial charge on any atom is 0.317 e. The number of benzene rings is 3. The first-order chi connectivity index (χ1) is 28.9. The van der Waals surface area contributed by atoms with Gasteiger partial charge in [0.25, 0.3) is 0 Å². The molecule has 1 saturated heterocycles. The highest BCUT2D eigenvalue weighted by molar-refractivity contribution is 5.90. The van der Waals surface area contributed by atoms with E-state index in [0.717, 1.165) is 33.5 Å². The number of aliphatic carboxylic acids is 1. The van der Waals surface area contributed by atoms with Gasteiger partial charge >= 0.3 is 11.9 Å². The van der Waals surface area contributed by atoms with Crippen molar-refractivity contribution in [1.82, 2.24) is 4.90 Å². The van der Waals surface area contributed by atoms with Crippen molar-refractivity contribution in [3.63, 3.8) is 0 Å². The van der Waals surface area contributed by atoms with Gasteiger partial charge in [0.2, 0.25) is 12.0 Å². The number of aliphatic imine (C=N–C) groups is 1. The molecule has 316 valence electrons. The lowest BCUT2D eigenvalue weighted by molar-refractivity contribution is -0.329. The van der Waals surface area contributed by atoms with Gasteiger partial charge in [-0.15, -0.1) is 0 Å². The van der Waals surface area contributed by atoms with Crippen molar-refractivity contribution >= 4 is 18.2 Å². The summed E-state index contributed by atoms with van der Waals surface area (Å²) in [4.78, 5) is 30.3. The van der Waals surface area contributed by atoms with Gasteiger partial charge in [-0.2, -0.15) is 0 Å². The van der Waals surface area contributed by atoms with Gasteiger partial charge in [0, 0.05) is 60.3 Å². The Bertz CT molecular complexity index is 2300. The fourth-order valence-electron chi connectivity index (χ4n) is 9.37. The van der Waals surface area contributed by atoms with Crippen LogP contribution >= 0.6 is 0 Å². The number of nitrogens with two attached hydrogens (primary N) is 2. The Morgan fingerprint density at radius 2 is 1.85 bits per heavy atom. The van der Waals surface area contributed by atoms with E-state index in [1.54, 1.807) is 26.5 Å². The molecule has 8 N–H and O–H groups in total. The summed E-state index contributed by atoms with van der Waals surface area (Å²) in [6.45, 7) is 0.929. The largest absolute Gasteiger partial charge is 0.493 e. The number of hydrogen-bond acceptors (Lipinski definition) is 16. The van der Waals surface area contributed by atoms with Crippen molar-refractivity contribution in [2.75, 3.05) is 20.8 Å². The van der Waals surface area contributed by atoms with E-state index in [-0.39, 0.29) is 24.5 Å². The zero-order chi connectivity index (χ0) is 42.0. The monoisotopic (exact) mass is 826 g/mol. The minimum absolute atomic E-state index is 0.145. The summed E-state index contributed by atoms with van der Waals surface area (Å²) < 4.78 is 43.6. The van der Waals surface area contributed by atoms with Gasteiger partial charge in [-0.05, 0) is 36.1 Å². The van der Waals surface area contributed by atoms with Crippen molar-refractivity contribution in [3.05, 3.63) is 99.9 Å². The maximum absolute atomic E-state index is 12.5. The van der Waals surface area contributed by atoms with Crippen molar-refractivity contribution < 1.29 is 63.2 Å². The first kappa shape index (κ1) is 39.8. The number of fused-ring (bicyclic) bond motifs is 8. The molecule has 9 atom stereocenters. The number of rotatable bonds is 11. The second-order valence-corrected chi connectivity index (χ2v) is 15.8. The SMILES string of the molecule is COc1ccc2c(c1OC)O[C@H]1c3c(cc4c(c3CN3C=C5N=CC=C5C3)CC[C@]3(O)[C@H](O4)O[C@H]([C@H](OC(=O)CC(=O)O)C(N)N)[C@@H](O)[C@@H]3O)O[C@@H](Cc3ccccc3)[C@@H]21. The van der Waals surface area contributed by atoms with Crippen molar-refractivity contribution in [2.45, 2.75) is 92.8 Å². The number of methoxy groups -OCH3 is 2. The summed E-state index contributed by atoms with van der Waals surface area (Å²) in [6, 6.07) is 15.6. The van der Waals surface area contributed by atoms with Gasteiger partial charge in [-0.25, -0.2) is 0 Å². The number of aliphatic hydroxyl groups is 3. The molecule has 17 heteroatoms. The standard InChI is InChI=1S/C43H46N4O13/c1-54-26-9-8-23-32-28(14-20-6-4-3-5-7-20)56-29-15-27-22(24(18-47-17-21-11-13-46-25(21)19-47)33(29)37(32)59-35(23)36(26)55-2)10-12-43(53)40(52)34(51)38(60-42(43)57-27)39(41(44)45)58-31(50)16-30(48)49/h3-9,11,13,15,19,28,32,34,37-42,51-53H,10,12,14,16-18,44-45H2,1-2H3,(H,48,49)/t28-,32+,34+,37+,38-,39-,40-,42+,43+/m0/s1. The third-order valence-corrected chi connectivity index (χ3v) is 12.2. The van der Waals surface area contributed by atoms with Gasteiger partial charge in [0.05, 0.1) is 32.0 Å². The van der Waals surface area contributed by atoms with Crippen LogP contribution in [0.5, 0.6) is 28.7 Å². The molecular formula is C43H46N4O13. The molecule has 0 aromatic heterocycles. The van der Waals surface area contributed by atoms with E-state index in [0.29, 0.717) is 48.1 Å². The van der Waals surface area contributed by atoms with Crippen molar-refractivity contribution in [3.8, 4) is 28.7 Å². The normalized spacial score (nSPS) is 28.5. The van der Waals surface area contributed by atoms with Crippen LogP contribution in [0.3, 0.4) is 0 Å². The van der Waals surface area contributed by atoms with E-state index >= 15 is 0 Å². The first-order valence-electron chi connectivity index (χ1n) is 19.7. The van der Waals surface area contributed by atoms with E-state index < -0.39 is 73.0 Å². The minimum atomic E-state index is -2.20. The van der Waals surface area contributed by atoms with Crippen molar-refractivity contribution in [1.29, 1.82) is 0 Å². The number of allylic oxidation sites excluding steroid dienone is 1. The predicted octanol–water partition coefficient (Wildman–Crippen LogP) is 1.73. The van der Waals surface area contributed by atoms with Crippen LogP contribution in [-0.2, 0) is 38.4 Å². The van der Waals surface area contributed by atoms with Crippen molar-refractivity contribution in [2.24, 2.45) is 16.5 Å². The molecule has 9 rings (SSSR count). The maximum atomic E-state index is 12.5. The molecule has 3 aromatic rings. The summed E-state index contributed by atoms with van der Waals surface area (Å²) in [5.74, 6) is -0.692. The lowest BCUT2D eigenvalue weighted by atomic mass is 9.78. The Hall–Kier alpha value is -5.69. The lowest BCUT2D eigenvalue weighted by Gasteiger charge is -2.48. The Morgan fingerprint density at radius 3 is 2.57 bits per heavy atom.